The third-order valence-corrected chi connectivity index (χ3v) is 13.2. The summed E-state index contributed by atoms with van der Waals surface area (Å²) in [4.78, 5) is 34.8. The van der Waals surface area contributed by atoms with Crippen LogP contribution in [0, 0.1) is 56.5 Å². The number of allylic oxidation sites excluding steroid dienone is 1. The molecule has 0 spiro atoms. The van der Waals surface area contributed by atoms with E-state index in [4.69, 9.17) is 18.9 Å². The van der Waals surface area contributed by atoms with Gasteiger partial charge < -0.3 is 24.3 Å². The van der Waals surface area contributed by atoms with Crippen molar-refractivity contribution < 1.29 is 33.5 Å². The Kier molecular flexibility index (Phi) is 13.6. The van der Waals surface area contributed by atoms with Crippen LogP contribution in [0.25, 0.3) is 0 Å². The molecule has 1 N–H and O–H groups in total. The van der Waals surface area contributed by atoms with E-state index in [2.05, 4.69) is 46.0 Å². The molecule has 0 radical (unpaired) electrons. The number of carbonyl (C=O) groups excluding carboxylic acids is 2. The topological polar surface area (TPSA) is 126 Å². The van der Waals surface area contributed by atoms with Crippen LogP contribution >= 0.6 is 0 Å². The number of alkyl carbamates (subject to hydrolysis) is 1. The Bertz CT molecular complexity index is 1360. The summed E-state index contributed by atoms with van der Waals surface area (Å²) in [7, 11) is 0. The lowest BCUT2D eigenvalue weighted by Gasteiger charge is -2.58. The molecule has 3 saturated carbocycles. The normalized spacial score (nSPS) is 30.4. The van der Waals surface area contributed by atoms with E-state index in [1.165, 1.54) is 81.2 Å². The van der Waals surface area contributed by atoms with Gasteiger partial charge in [-0.15, -0.1) is 0 Å². The van der Waals surface area contributed by atoms with Gasteiger partial charge in [-0.2, -0.15) is 0 Å². The number of nitrogens with zero attached hydrogens (tertiary/aromatic N) is 1. The molecular weight excluding hydrogens is 648 g/mol. The number of nitro groups is 1. The number of rotatable bonds is 17. The molecule has 2 unspecified atom stereocenters. The zero-order chi connectivity index (χ0) is 36.6. The zero-order valence-electron chi connectivity index (χ0n) is 31.7. The van der Waals surface area contributed by atoms with Crippen LogP contribution in [0.4, 0.5) is 10.5 Å². The minimum Gasteiger partial charge on any atom is -0.446 e. The van der Waals surface area contributed by atoms with Gasteiger partial charge in [0, 0.05) is 25.1 Å². The van der Waals surface area contributed by atoms with E-state index >= 15 is 0 Å². The van der Waals surface area contributed by atoms with Gasteiger partial charge in [0.05, 0.1) is 37.8 Å². The van der Waals surface area contributed by atoms with Crippen molar-refractivity contribution in [3.05, 3.63) is 46.0 Å². The van der Waals surface area contributed by atoms with E-state index in [1.807, 2.05) is 0 Å². The third kappa shape index (κ3) is 9.72. The van der Waals surface area contributed by atoms with Crippen LogP contribution in [0.15, 0.2) is 35.9 Å². The lowest BCUT2D eigenvalue weighted by molar-refractivity contribution is -0.384. The summed E-state index contributed by atoms with van der Waals surface area (Å²) in [6, 6.07) is 5.32. The van der Waals surface area contributed by atoms with Gasteiger partial charge in [0.25, 0.3) is 5.69 Å². The molecule has 1 amide bonds. The van der Waals surface area contributed by atoms with Gasteiger partial charge in [0.2, 0.25) is 0 Å². The maximum absolute atomic E-state index is 12.6. The fraction of sp³-hybridized carbons (Fsp3) is 0.756. The molecule has 5 rings (SSSR count). The highest BCUT2D eigenvalue weighted by Crippen LogP contribution is 2.67. The largest absolute Gasteiger partial charge is 0.446 e. The predicted octanol–water partition coefficient (Wildman–Crippen LogP) is 9.06. The van der Waals surface area contributed by atoms with Gasteiger partial charge in [-0.25, -0.2) is 4.79 Å². The molecular formula is C41H62N2O8. The lowest BCUT2D eigenvalue weighted by atomic mass is 9.47. The average Bonchev–Trinajstić information content (AvgIpc) is 3.45. The van der Waals surface area contributed by atoms with Crippen molar-refractivity contribution in [2.75, 3.05) is 33.0 Å². The van der Waals surface area contributed by atoms with Gasteiger partial charge in [-0.05, 0) is 103 Å². The van der Waals surface area contributed by atoms with E-state index in [9.17, 15) is 19.7 Å². The Morgan fingerprint density at radius 1 is 0.941 bits per heavy atom. The summed E-state index contributed by atoms with van der Waals surface area (Å²) in [5, 5.41) is 13.5. The lowest BCUT2D eigenvalue weighted by Crippen LogP contribution is -2.51. The van der Waals surface area contributed by atoms with Crippen molar-refractivity contribution in [1.29, 1.82) is 0 Å². The molecule has 0 bridgehead atoms. The molecule has 1 aromatic rings. The highest BCUT2D eigenvalue weighted by atomic mass is 16.6. The number of nitrogens with one attached hydrogen (secondary N) is 1. The quantitative estimate of drug-likeness (QED) is 0.0424. The molecule has 8 atom stereocenters. The molecule has 1 aromatic carbocycles. The first kappa shape index (κ1) is 39.2. The molecule has 0 aliphatic heterocycles. The summed E-state index contributed by atoms with van der Waals surface area (Å²) < 4.78 is 22.0. The van der Waals surface area contributed by atoms with Crippen molar-refractivity contribution in [2.45, 2.75) is 118 Å². The van der Waals surface area contributed by atoms with Gasteiger partial charge >= 0.3 is 12.1 Å². The smallest absolute Gasteiger partial charge is 0.407 e. The predicted molar refractivity (Wildman–Crippen MR) is 196 cm³/mol. The van der Waals surface area contributed by atoms with Crippen molar-refractivity contribution >= 4 is 17.7 Å². The summed E-state index contributed by atoms with van der Waals surface area (Å²) in [5.41, 5.74) is 2.17. The number of non-ortho nitro benzene ring substituents is 1. The Balaban J connectivity index is 0.956. The van der Waals surface area contributed by atoms with Crippen LogP contribution in [0.2, 0.25) is 0 Å². The minimum atomic E-state index is -0.514. The van der Waals surface area contributed by atoms with E-state index in [0.29, 0.717) is 31.8 Å². The molecule has 0 saturated heterocycles. The van der Waals surface area contributed by atoms with Crippen LogP contribution < -0.4 is 10.1 Å². The molecule has 0 aromatic heterocycles. The number of nitro benzene ring substituents is 1. The fourth-order valence-electron chi connectivity index (χ4n) is 10.5. The summed E-state index contributed by atoms with van der Waals surface area (Å²) in [5.74, 6) is 4.64. The Hall–Kier alpha value is -2.98. The molecule has 10 heteroatoms. The first-order chi connectivity index (χ1) is 24.4. The monoisotopic (exact) mass is 710 g/mol. The second kappa shape index (κ2) is 17.7. The van der Waals surface area contributed by atoms with Gasteiger partial charge in [-0.1, -0.05) is 65.5 Å². The van der Waals surface area contributed by atoms with Crippen molar-refractivity contribution in [1.82, 2.24) is 5.32 Å². The number of esters is 1. The van der Waals surface area contributed by atoms with Crippen LogP contribution in [0.3, 0.4) is 0 Å². The van der Waals surface area contributed by atoms with Crippen LogP contribution in [-0.2, 0) is 19.0 Å². The van der Waals surface area contributed by atoms with Crippen LogP contribution in [-0.4, -0.2) is 56.1 Å². The number of hydrogen-bond acceptors (Lipinski definition) is 8. The number of ether oxygens (including phenoxy) is 4. The Morgan fingerprint density at radius 2 is 1.69 bits per heavy atom. The second-order valence-corrected chi connectivity index (χ2v) is 16.7. The zero-order valence-corrected chi connectivity index (χ0v) is 31.7. The van der Waals surface area contributed by atoms with Crippen molar-refractivity contribution in [3.8, 4) is 5.75 Å². The highest BCUT2D eigenvalue weighted by molar-refractivity contribution is 5.72. The van der Waals surface area contributed by atoms with Crippen molar-refractivity contribution in [2.24, 2.45) is 46.3 Å². The Labute approximate surface area is 304 Å². The summed E-state index contributed by atoms with van der Waals surface area (Å²) in [6.07, 6.45) is 15.8. The minimum absolute atomic E-state index is 0.0430. The van der Waals surface area contributed by atoms with E-state index in [-0.39, 0.29) is 36.0 Å². The second-order valence-electron chi connectivity index (χ2n) is 16.7. The van der Waals surface area contributed by atoms with E-state index in [0.717, 1.165) is 54.8 Å². The number of hydrogen-bond donors (Lipinski definition) is 1. The van der Waals surface area contributed by atoms with Crippen LogP contribution in [0.5, 0.6) is 5.75 Å². The standard InChI is InChI=1S/C41H62N2O8/c1-28(2)7-6-8-29(3)35-15-16-36-34-14-9-30-27-33(17-20-40(30,4)37(34)18-21-41(35,36)5)51-39(45)42-22-24-49-26-25-48-23-19-38(44)50-32-12-10-31(11-13-32)43(46)47/h9-13,28-29,33-37H,6-8,14-27H2,1-5H3,(H,42,45)/t29-,33+,34?,35-,36+,37?,40+,41-/m1/s1. The van der Waals surface area contributed by atoms with E-state index < -0.39 is 17.0 Å². The van der Waals surface area contributed by atoms with Gasteiger partial charge in [0.1, 0.15) is 11.9 Å². The SMILES string of the molecule is CC(C)CCC[C@@H](C)[C@H]1CC[C@H]2C3CC=C4C[C@@H](OC(=O)NCCOCCOCCC(=O)Oc5ccc([N+](=O)[O-])cc5)CC[C@]4(C)C3CC[C@]12C. The molecule has 51 heavy (non-hydrogen) atoms. The molecule has 10 nitrogen and oxygen atoms in total. The first-order valence-corrected chi connectivity index (χ1v) is 19.6. The van der Waals surface area contributed by atoms with Gasteiger partial charge in [0.15, 0.2) is 0 Å². The van der Waals surface area contributed by atoms with Crippen molar-refractivity contribution in [3.63, 3.8) is 0 Å². The van der Waals surface area contributed by atoms with Gasteiger partial charge in [-0.3, -0.25) is 14.9 Å². The fourth-order valence-corrected chi connectivity index (χ4v) is 10.5. The molecule has 284 valence electrons. The summed E-state index contributed by atoms with van der Waals surface area (Å²) in [6.45, 7) is 13.9. The van der Waals surface area contributed by atoms with Crippen LogP contribution in [0.1, 0.15) is 112 Å². The maximum Gasteiger partial charge on any atom is 0.407 e. The molecule has 0 heterocycles. The summed E-state index contributed by atoms with van der Waals surface area (Å²) >= 11 is 0. The number of carbonyl (C=O) groups is 2. The number of fused-ring (bicyclic) bond motifs is 5. The number of benzene rings is 1. The third-order valence-electron chi connectivity index (χ3n) is 13.2. The molecule has 4 aliphatic carbocycles. The van der Waals surface area contributed by atoms with E-state index in [1.54, 1.807) is 0 Å². The number of amides is 1. The molecule has 3 fully saturated rings. The maximum atomic E-state index is 12.6. The average molecular weight is 711 g/mol. The highest BCUT2D eigenvalue weighted by Gasteiger charge is 2.59. The Morgan fingerprint density at radius 3 is 2.41 bits per heavy atom. The molecule has 4 aliphatic rings. The first-order valence-electron chi connectivity index (χ1n) is 19.6.